The van der Waals surface area contributed by atoms with E-state index in [0.717, 1.165) is 11.6 Å². The molecule has 0 aliphatic carbocycles. The van der Waals surface area contributed by atoms with Crippen molar-refractivity contribution in [2.24, 2.45) is 0 Å². The average Bonchev–Trinajstić information content (AvgIpc) is 2.31. The fraction of sp³-hybridized carbons (Fsp3) is 0.154. The number of halogens is 2. The second kappa shape index (κ2) is 4.91. The van der Waals surface area contributed by atoms with E-state index < -0.39 is 11.6 Å². The lowest BCUT2D eigenvalue weighted by Gasteiger charge is -2.04. The largest absolute Gasteiger partial charge is 0.384 e. The Morgan fingerprint density at radius 3 is 2.71 bits per heavy atom. The molecule has 0 spiro atoms. The van der Waals surface area contributed by atoms with Crippen LogP contribution in [0.5, 0.6) is 0 Å². The molecule has 0 aliphatic heterocycles. The normalized spacial score (nSPS) is 10.5. The Labute approximate surface area is 98.1 Å². The summed E-state index contributed by atoms with van der Waals surface area (Å²) < 4.78 is 26.3. The van der Waals surface area contributed by atoms with Crippen molar-refractivity contribution in [2.75, 3.05) is 5.73 Å². The number of pyridine rings is 1. The second-order valence-electron chi connectivity index (χ2n) is 3.80. The Bertz CT molecular complexity index is 527. The number of nitrogen functional groups attached to an aromatic ring is 1. The highest BCUT2D eigenvalue weighted by Crippen LogP contribution is 2.14. The third-order valence-electron chi connectivity index (χ3n) is 2.56. The van der Waals surface area contributed by atoms with Crippen molar-refractivity contribution >= 4 is 5.82 Å². The number of nitrogens with zero attached hydrogens (tertiary/aromatic N) is 1. The smallest absolute Gasteiger partial charge is 0.162 e. The maximum Gasteiger partial charge on any atom is 0.162 e. The summed E-state index contributed by atoms with van der Waals surface area (Å²) in [5, 5.41) is 0. The average molecular weight is 234 g/mol. The molecule has 0 saturated heterocycles. The van der Waals surface area contributed by atoms with Crippen LogP contribution >= 0.6 is 0 Å². The van der Waals surface area contributed by atoms with Crippen LogP contribution in [0.2, 0.25) is 0 Å². The van der Waals surface area contributed by atoms with E-state index in [0.29, 0.717) is 24.2 Å². The molecule has 1 heterocycles. The van der Waals surface area contributed by atoms with Crippen molar-refractivity contribution in [1.82, 2.24) is 4.98 Å². The van der Waals surface area contributed by atoms with Crippen molar-refractivity contribution in [3.63, 3.8) is 0 Å². The van der Waals surface area contributed by atoms with E-state index in [1.807, 2.05) is 6.07 Å². The first-order valence-electron chi connectivity index (χ1n) is 5.30. The molecule has 0 bridgehead atoms. The van der Waals surface area contributed by atoms with E-state index in [1.54, 1.807) is 18.3 Å². The van der Waals surface area contributed by atoms with Gasteiger partial charge in [0.15, 0.2) is 11.6 Å². The van der Waals surface area contributed by atoms with Gasteiger partial charge in [-0.3, -0.25) is 0 Å². The van der Waals surface area contributed by atoms with E-state index in [1.165, 1.54) is 6.07 Å². The van der Waals surface area contributed by atoms with Gasteiger partial charge in [-0.15, -0.1) is 0 Å². The molecule has 0 fully saturated rings. The first-order chi connectivity index (χ1) is 8.16. The highest BCUT2D eigenvalue weighted by molar-refractivity contribution is 5.32. The van der Waals surface area contributed by atoms with Crippen molar-refractivity contribution in [1.29, 1.82) is 0 Å². The quantitative estimate of drug-likeness (QED) is 0.886. The predicted octanol–water partition coefficient (Wildman–Crippen LogP) is 2.73. The number of aromatic nitrogens is 1. The van der Waals surface area contributed by atoms with E-state index in [9.17, 15) is 8.78 Å². The molecule has 2 nitrogen and oxygen atoms in total. The van der Waals surface area contributed by atoms with Gasteiger partial charge in [-0.05, 0) is 42.2 Å². The lowest BCUT2D eigenvalue weighted by atomic mass is 10.0. The number of hydrogen-bond acceptors (Lipinski definition) is 2. The zero-order valence-electron chi connectivity index (χ0n) is 9.16. The van der Waals surface area contributed by atoms with Gasteiger partial charge in [-0.1, -0.05) is 12.1 Å². The second-order valence-corrected chi connectivity index (χ2v) is 3.80. The molecule has 88 valence electrons. The third-order valence-corrected chi connectivity index (χ3v) is 2.56. The Balaban J connectivity index is 2.10. The molecule has 1 aromatic heterocycles. The molecule has 2 rings (SSSR count). The zero-order chi connectivity index (χ0) is 12.3. The first-order valence-corrected chi connectivity index (χ1v) is 5.30. The van der Waals surface area contributed by atoms with Gasteiger partial charge in [-0.25, -0.2) is 13.8 Å². The van der Waals surface area contributed by atoms with E-state index in [-0.39, 0.29) is 0 Å². The van der Waals surface area contributed by atoms with Gasteiger partial charge >= 0.3 is 0 Å². The van der Waals surface area contributed by atoms with E-state index in [4.69, 9.17) is 5.73 Å². The Hall–Kier alpha value is -1.97. The molecule has 0 amide bonds. The minimum atomic E-state index is -0.809. The predicted molar refractivity (Wildman–Crippen MR) is 62.4 cm³/mol. The number of nitrogens with two attached hydrogens (primary N) is 1. The molecule has 4 heteroatoms. The van der Waals surface area contributed by atoms with Crippen molar-refractivity contribution in [2.45, 2.75) is 12.8 Å². The minimum absolute atomic E-state index is 0.375. The van der Waals surface area contributed by atoms with Gasteiger partial charge in [0.05, 0.1) is 0 Å². The summed E-state index contributed by atoms with van der Waals surface area (Å²) in [6, 6.07) is 7.76. The SMILES string of the molecule is Nc1cc(CCc2cccc(F)c2F)ccn1. The van der Waals surface area contributed by atoms with Gasteiger partial charge in [0.1, 0.15) is 5.82 Å². The fourth-order valence-corrected chi connectivity index (χ4v) is 1.67. The monoisotopic (exact) mass is 234 g/mol. The summed E-state index contributed by atoms with van der Waals surface area (Å²) in [4.78, 5) is 3.87. The highest BCUT2D eigenvalue weighted by Gasteiger charge is 2.07. The maximum absolute atomic E-state index is 13.4. The van der Waals surface area contributed by atoms with E-state index >= 15 is 0 Å². The Kier molecular flexibility index (Phi) is 3.32. The fourth-order valence-electron chi connectivity index (χ4n) is 1.67. The maximum atomic E-state index is 13.4. The lowest BCUT2D eigenvalue weighted by Crippen LogP contribution is -1.98. The van der Waals surface area contributed by atoms with Gasteiger partial charge in [0, 0.05) is 6.20 Å². The van der Waals surface area contributed by atoms with Crippen LogP contribution in [0.25, 0.3) is 0 Å². The minimum Gasteiger partial charge on any atom is -0.384 e. The molecular weight excluding hydrogens is 222 g/mol. The van der Waals surface area contributed by atoms with Crippen LogP contribution in [0.3, 0.4) is 0 Å². The van der Waals surface area contributed by atoms with Gasteiger partial charge in [-0.2, -0.15) is 0 Å². The Morgan fingerprint density at radius 2 is 1.94 bits per heavy atom. The number of benzene rings is 1. The third kappa shape index (κ3) is 2.78. The summed E-state index contributed by atoms with van der Waals surface area (Å²) in [5.41, 5.74) is 6.87. The molecule has 2 aromatic rings. The van der Waals surface area contributed by atoms with Crippen LogP contribution in [0.4, 0.5) is 14.6 Å². The zero-order valence-corrected chi connectivity index (χ0v) is 9.16. The molecule has 0 unspecified atom stereocenters. The van der Waals surface area contributed by atoms with Crippen molar-refractivity contribution in [3.05, 3.63) is 59.3 Å². The summed E-state index contributed by atoms with van der Waals surface area (Å²) in [6.45, 7) is 0. The van der Waals surface area contributed by atoms with Crippen LogP contribution < -0.4 is 5.73 Å². The summed E-state index contributed by atoms with van der Waals surface area (Å²) >= 11 is 0. The number of anilines is 1. The Morgan fingerprint density at radius 1 is 1.12 bits per heavy atom. The molecule has 0 saturated carbocycles. The molecule has 2 N–H and O–H groups in total. The van der Waals surface area contributed by atoms with E-state index in [2.05, 4.69) is 4.98 Å². The molecule has 1 aromatic carbocycles. The van der Waals surface area contributed by atoms with Crippen LogP contribution in [-0.4, -0.2) is 4.98 Å². The van der Waals surface area contributed by atoms with Crippen LogP contribution in [0, 0.1) is 11.6 Å². The van der Waals surface area contributed by atoms with Gasteiger partial charge in [0.25, 0.3) is 0 Å². The summed E-state index contributed by atoms with van der Waals surface area (Å²) in [7, 11) is 0. The molecule has 0 radical (unpaired) electrons. The van der Waals surface area contributed by atoms with Crippen LogP contribution in [-0.2, 0) is 12.8 Å². The standard InChI is InChI=1S/C13H12F2N2/c14-11-3-1-2-10(13(11)15)5-4-9-6-7-17-12(16)8-9/h1-3,6-8H,4-5H2,(H2,16,17). The summed E-state index contributed by atoms with van der Waals surface area (Å²) in [5.74, 6) is -1.14. The van der Waals surface area contributed by atoms with Crippen molar-refractivity contribution in [3.8, 4) is 0 Å². The van der Waals surface area contributed by atoms with Crippen LogP contribution in [0.1, 0.15) is 11.1 Å². The lowest BCUT2D eigenvalue weighted by molar-refractivity contribution is 0.498. The number of hydrogen-bond donors (Lipinski definition) is 1. The molecular formula is C13H12F2N2. The van der Waals surface area contributed by atoms with Crippen molar-refractivity contribution < 1.29 is 8.78 Å². The van der Waals surface area contributed by atoms with Crippen LogP contribution in [0.15, 0.2) is 36.5 Å². The van der Waals surface area contributed by atoms with Gasteiger partial charge in [0.2, 0.25) is 0 Å². The number of rotatable bonds is 3. The molecule has 0 atom stereocenters. The topological polar surface area (TPSA) is 38.9 Å². The highest BCUT2D eigenvalue weighted by atomic mass is 19.2. The van der Waals surface area contributed by atoms with Gasteiger partial charge < -0.3 is 5.73 Å². The summed E-state index contributed by atoms with van der Waals surface area (Å²) in [6.07, 6.45) is 2.65. The first kappa shape index (κ1) is 11.5. The molecule has 0 aliphatic rings. The number of aryl methyl sites for hydroxylation is 2. The molecule has 17 heavy (non-hydrogen) atoms.